The van der Waals surface area contributed by atoms with Gasteiger partial charge in [0.1, 0.15) is 0 Å². The Bertz CT molecular complexity index is 624. The SMILES string of the molecule is Cc1cc(-c2ccccc2)c2cn[nH]c2c1. The van der Waals surface area contributed by atoms with Gasteiger partial charge in [-0.3, -0.25) is 5.10 Å². The zero-order valence-corrected chi connectivity index (χ0v) is 9.07. The van der Waals surface area contributed by atoms with E-state index in [1.165, 1.54) is 22.1 Å². The predicted octanol–water partition coefficient (Wildman–Crippen LogP) is 3.54. The number of hydrogen-bond donors (Lipinski definition) is 1. The van der Waals surface area contributed by atoms with Crippen LogP contribution in [0.5, 0.6) is 0 Å². The Kier molecular flexibility index (Phi) is 2.00. The maximum atomic E-state index is 4.10. The van der Waals surface area contributed by atoms with E-state index in [9.17, 15) is 0 Å². The topological polar surface area (TPSA) is 28.7 Å². The number of nitrogens with zero attached hydrogens (tertiary/aromatic N) is 1. The molecule has 3 rings (SSSR count). The van der Waals surface area contributed by atoms with Crippen molar-refractivity contribution in [2.45, 2.75) is 6.92 Å². The van der Waals surface area contributed by atoms with Gasteiger partial charge < -0.3 is 0 Å². The summed E-state index contributed by atoms with van der Waals surface area (Å²) in [4.78, 5) is 0. The van der Waals surface area contributed by atoms with Crippen molar-refractivity contribution in [2.75, 3.05) is 0 Å². The highest BCUT2D eigenvalue weighted by molar-refractivity contribution is 5.94. The first kappa shape index (κ1) is 9.16. The maximum Gasteiger partial charge on any atom is 0.0659 e. The Labute approximate surface area is 93.9 Å². The molecule has 1 N–H and O–H groups in total. The van der Waals surface area contributed by atoms with Gasteiger partial charge in [0, 0.05) is 5.39 Å². The highest BCUT2D eigenvalue weighted by Crippen LogP contribution is 2.28. The molecule has 0 aliphatic heterocycles. The van der Waals surface area contributed by atoms with Gasteiger partial charge in [-0.05, 0) is 29.7 Å². The first-order valence-electron chi connectivity index (χ1n) is 5.34. The van der Waals surface area contributed by atoms with E-state index < -0.39 is 0 Å². The van der Waals surface area contributed by atoms with Crippen molar-refractivity contribution in [3.05, 3.63) is 54.2 Å². The molecule has 0 radical (unpaired) electrons. The lowest BCUT2D eigenvalue weighted by Crippen LogP contribution is -1.81. The van der Waals surface area contributed by atoms with Crippen LogP contribution in [-0.4, -0.2) is 10.2 Å². The Balaban J connectivity index is 2.34. The van der Waals surface area contributed by atoms with Crippen molar-refractivity contribution in [3.63, 3.8) is 0 Å². The molecule has 16 heavy (non-hydrogen) atoms. The minimum atomic E-state index is 1.10. The van der Waals surface area contributed by atoms with Crippen LogP contribution in [0.15, 0.2) is 48.7 Å². The smallest absolute Gasteiger partial charge is 0.0659 e. The Morgan fingerprint density at radius 2 is 1.88 bits per heavy atom. The summed E-state index contributed by atoms with van der Waals surface area (Å²) < 4.78 is 0. The number of H-pyrrole nitrogens is 1. The van der Waals surface area contributed by atoms with E-state index >= 15 is 0 Å². The molecule has 0 unspecified atom stereocenters. The number of aromatic amines is 1. The van der Waals surface area contributed by atoms with Crippen molar-refractivity contribution in [3.8, 4) is 11.1 Å². The number of hydrogen-bond acceptors (Lipinski definition) is 1. The summed E-state index contributed by atoms with van der Waals surface area (Å²) in [5, 5.41) is 8.30. The van der Waals surface area contributed by atoms with E-state index in [1.54, 1.807) is 0 Å². The molecule has 0 spiro atoms. The monoisotopic (exact) mass is 208 g/mol. The molecule has 2 aromatic carbocycles. The number of aryl methyl sites for hydroxylation is 1. The number of fused-ring (bicyclic) bond motifs is 1. The van der Waals surface area contributed by atoms with Gasteiger partial charge in [0.15, 0.2) is 0 Å². The number of nitrogens with one attached hydrogen (secondary N) is 1. The second-order valence-electron chi connectivity index (χ2n) is 4.01. The molecule has 0 aliphatic rings. The van der Waals surface area contributed by atoms with Crippen molar-refractivity contribution in [1.82, 2.24) is 10.2 Å². The fourth-order valence-electron chi connectivity index (χ4n) is 2.05. The quantitative estimate of drug-likeness (QED) is 0.651. The number of aromatic nitrogens is 2. The lowest BCUT2D eigenvalue weighted by Gasteiger charge is -2.04. The summed E-state index contributed by atoms with van der Waals surface area (Å²) in [6.07, 6.45) is 1.89. The zero-order valence-electron chi connectivity index (χ0n) is 9.07. The average molecular weight is 208 g/mol. The van der Waals surface area contributed by atoms with E-state index in [4.69, 9.17) is 0 Å². The Morgan fingerprint density at radius 1 is 1.06 bits per heavy atom. The number of benzene rings is 2. The largest absolute Gasteiger partial charge is 0.278 e. The van der Waals surface area contributed by atoms with Crippen molar-refractivity contribution in [1.29, 1.82) is 0 Å². The molecule has 0 fully saturated rings. The third-order valence-corrected chi connectivity index (χ3v) is 2.79. The van der Waals surface area contributed by atoms with E-state index in [0.29, 0.717) is 0 Å². The Morgan fingerprint density at radius 3 is 2.69 bits per heavy atom. The molecule has 0 saturated carbocycles. The molecule has 78 valence electrons. The molecular weight excluding hydrogens is 196 g/mol. The highest BCUT2D eigenvalue weighted by atomic mass is 15.1. The summed E-state index contributed by atoms with van der Waals surface area (Å²) in [7, 11) is 0. The average Bonchev–Trinajstić information content (AvgIpc) is 2.77. The molecule has 2 nitrogen and oxygen atoms in total. The first-order valence-corrected chi connectivity index (χ1v) is 5.34. The molecule has 1 aromatic heterocycles. The van der Waals surface area contributed by atoms with Crippen LogP contribution in [0.4, 0.5) is 0 Å². The minimum absolute atomic E-state index is 1.10. The fraction of sp³-hybridized carbons (Fsp3) is 0.0714. The van der Waals surface area contributed by atoms with E-state index in [1.807, 2.05) is 12.3 Å². The lowest BCUT2D eigenvalue weighted by molar-refractivity contribution is 1.12. The van der Waals surface area contributed by atoms with Crippen LogP contribution >= 0.6 is 0 Å². The molecular formula is C14H12N2. The normalized spacial score (nSPS) is 10.8. The van der Waals surface area contributed by atoms with Gasteiger partial charge in [-0.1, -0.05) is 36.4 Å². The Hall–Kier alpha value is -2.09. The van der Waals surface area contributed by atoms with Gasteiger partial charge in [0.2, 0.25) is 0 Å². The highest BCUT2D eigenvalue weighted by Gasteiger charge is 2.05. The summed E-state index contributed by atoms with van der Waals surface area (Å²) in [5.74, 6) is 0. The summed E-state index contributed by atoms with van der Waals surface area (Å²) in [6, 6.07) is 14.7. The molecule has 3 aromatic rings. The van der Waals surface area contributed by atoms with Crippen LogP contribution in [0.1, 0.15) is 5.56 Å². The molecule has 2 heteroatoms. The summed E-state index contributed by atoms with van der Waals surface area (Å²) >= 11 is 0. The second kappa shape index (κ2) is 3.49. The molecule has 0 saturated heterocycles. The molecule has 0 amide bonds. The van der Waals surface area contributed by atoms with Gasteiger partial charge in [0.25, 0.3) is 0 Å². The number of rotatable bonds is 1. The lowest BCUT2D eigenvalue weighted by atomic mass is 10.00. The van der Waals surface area contributed by atoms with Gasteiger partial charge in [-0.15, -0.1) is 0 Å². The molecule has 0 atom stereocenters. The summed E-state index contributed by atoms with van der Waals surface area (Å²) in [5.41, 5.74) is 4.82. The van der Waals surface area contributed by atoms with Gasteiger partial charge >= 0.3 is 0 Å². The van der Waals surface area contributed by atoms with Crippen LogP contribution in [-0.2, 0) is 0 Å². The minimum Gasteiger partial charge on any atom is -0.278 e. The second-order valence-corrected chi connectivity index (χ2v) is 4.01. The standard InChI is InChI=1S/C14H12N2/c1-10-7-12(11-5-3-2-4-6-11)13-9-15-16-14(13)8-10/h2-9H,1H3,(H,15,16). The summed E-state index contributed by atoms with van der Waals surface area (Å²) in [6.45, 7) is 2.10. The van der Waals surface area contributed by atoms with Crippen molar-refractivity contribution in [2.24, 2.45) is 0 Å². The van der Waals surface area contributed by atoms with E-state index in [0.717, 1.165) is 5.52 Å². The maximum absolute atomic E-state index is 4.10. The van der Waals surface area contributed by atoms with Crippen LogP contribution < -0.4 is 0 Å². The van der Waals surface area contributed by atoms with E-state index in [-0.39, 0.29) is 0 Å². The van der Waals surface area contributed by atoms with Gasteiger partial charge in [-0.2, -0.15) is 5.10 Å². The third kappa shape index (κ3) is 1.39. The zero-order chi connectivity index (χ0) is 11.0. The fourth-order valence-corrected chi connectivity index (χ4v) is 2.05. The predicted molar refractivity (Wildman–Crippen MR) is 66.3 cm³/mol. The van der Waals surface area contributed by atoms with Crippen LogP contribution in [0.25, 0.3) is 22.0 Å². The van der Waals surface area contributed by atoms with Crippen molar-refractivity contribution < 1.29 is 0 Å². The van der Waals surface area contributed by atoms with Crippen molar-refractivity contribution >= 4 is 10.9 Å². The van der Waals surface area contributed by atoms with Crippen LogP contribution in [0.3, 0.4) is 0 Å². The van der Waals surface area contributed by atoms with Crippen LogP contribution in [0.2, 0.25) is 0 Å². The van der Waals surface area contributed by atoms with Crippen LogP contribution in [0, 0.1) is 6.92 Å². The first-order chi connectivity index (χ1) is 7.84. The van der Waals surface area contributed by atoms with E-state index in [2.05, 4.69) is 53.5 Å². The van der Waals surface area contributed by atoms with Gasteiger partial charge in [0.05, 0.1) is 11.7 Å². The molecule has 0 bridgehead atoms. The van der Waals surface area contributed by atoms with Gasteiger partial charge in [-0.25, -0.2) is 0 Å². The third-order valence-electron chi connectivity index (χ3n) is 2.79. The molecule has 1 heterocycles. The molecule has 0 aliphatic carbocycles.